The number of aromatic nitrogens is 1. The van der Waals surface area contributed by atoms with Crippen molar-refractivity contribution in [2.45, 2.75) is 103 Å². The molecule has 2 aliphatic rings. The average molecular weight is 486 g/mol. The fraction of sp³-hybridized carbons (Fsp3) is 0.773. The molecule has 4 heteroatoms. The monoisotopic (exact) mass is 485 g/mol. The van der Waals surface area contributed by atoms with Crippen molar-refractivity contribution in [3.05, 3.63) is 26.6 Å². The summed E-state index contributed by atoms with van der Waals surface area (Å²) in [4.78, 5) is 5.22. The second kappa shape index (κ2) is 7.14. The lowest BCUT2D eigenvalue weighted by Crippen LogP contribution is -2.44. The number of hydrogen-bond acceptors (Lipinski definition) is 2. The first kappa shape index (κ1) is 20.8. The van der Waals surface area contributed by atoms with E-state index in [0.717, 1.165) is 12.8 Å². The molecule has 0 N–H and O–H groups in total. The van der Waals surface area contributed by atoms with Crippen molar-refractivity contribution >= 4 is 30.9 Å². The highest BCUT2D eigenvalue weighted by Gasteiger charge is 2.43. The molecule has 0 spiro atoms. The van der Waals surface area contributed by atoms with E-state index in [1.54, 1.807) is 0 Å². The Balaban J connectivity index is 1.99. The van der Waals surface area contributed by atoms with Crippen LogP contribution in [0, 0.1) is 8.99 Å². The molecule has 1 aromatic rings. The quantitative estimate of drug-likeness (QED) is 0.329. The molecule has 0 unspecified atom stereocenters. The van der Waals surface area contributed by atoms with Crippen LogP contribution in [-0.2, 0) is 10.8 Å². The van der Waals surface area contributed by atoms with Gasteiger partial charge in [0.05, 0.1) is 6.10 Å². The van der Waals surface area contributed by atoms with Crippen molar-refractivity contribution in [2.75, 3.05) is 0 Å². The minimum Gasteiger partial charge on any atom is -0.410 e. The lowest BCUT2D eigenvalue weighted by atomic mass is 9.74. The molecule has 1 fully saturated rings. The summed E-state index contributed by atoms with van der Waals surface area (Å²) in [6, 6.07) is 2.37. The predicted molar refractivity (Wildman–Crippen MR) is 121 cm³/mol. The molecule has 0 aliphatic heterocycles. The summed E-state index contributed by atoms with van der Waals surface area (Å²) in [6.07, 6.45) is 7.74. The summed E-state index contributed by atoms with van der Waals surface area (Å²) >= 11 is 2.55. The largest absolute Gasteiger partial charge is 0.410 e. The van der Waals surface area contributed by atoms with Crippen LogP contribution in [0.25, 0.3) is 0 Å². The molecular weight excluding hydrogens is 449 g/mol. The number of halogens is 1. The van der Waals surface area contributed by atoms with Gasteiger partial charge in [0.1, 0.15) is 0 Å². The lowest BCUT2D eigenvalue weighted by molar-refractivity contribution is 0.105. The fourth-order valence-corrected chi connectivity index (χ4v) is 6.51. The Morgan fingerprint density at radius 2 is 1.81 bits per heavy atom. The van der Waals surface area contributed by atoms with Gasteiger partial charge in [0, 0.05) is 26.4 Å². The van der Waals surface area contributed by atoms with E-state index in [1.807, 2.05) is 0 Å². The Morgan fingerprint density at radius 3 is 2.38 bits per heavy atom. The Morgan fingerprint density at radius 1 is 1.19 bits per heavy atom. The molecule has 0 radical (unpaired) electrons. The number of pyridine rings is 1. The van der Waals surface area contributed by atoms with Gasteiger partial charge in [-0.25, -0.2) is 0 Å². The number of fused-ring (bicyclic) bond motifs is 1. The van der Waals surface area contributed by atoms with Gasteiger partial charge in [0.15, 0.2) is 8.32 Å². The molecule has 1 saturated carbocycles. The predicted octanol–water partition coefficient (Wildman–Crippen LogP) is 7.38. The van der Waals surface area contributed by atoms with Crippen molar-refractivity contribution in [1.82, 2.24) is 4.98 Å². The zero-order chi connectivity index (χ0) is 19.3. The average Bonchev–Trinajstić information content (AvgIpc) is 2.97. The lowest BCUT2D eigenvalue weighted by Gasteiger charge is -2.44. The third-order valence-electron chi connectivity index (χ3n) is 6.83. The van der Waals surface area contributed by atoms with E-state index >= 15 is 0 Å². The molecule has 26 heavy (non-hydrogen) atoms. The van der Waals surface area contributed by atoms with E-state index in [1.165, 1.54) is 46.2 Å². The van der Waals surface area contributed by atoms with E-state index in [-0.39, 0.29) is 16.6 Å². The number of nitrogens with zero attached hydrogens (tertiary/aromatic N) is 1. The summed E-state index contributed by atoms with van der Waals surface area (Å²) in [5.41, 5.74) is 4.31. The van der Waals surface area contributed by atoms with Crippen molar-refractivity contribution < 1.29 is 4.43 Å². The molecule has 0 bridgehead atoms. The van der Waals surface area contributed by atoms with Crippen LogP contribution < -0.4 is 0 Å². The standard InChI is InChI=1S/C22H36INOSi/c1-21(2,3)26(6,7)25-19-14-22(4,5)13-18-20(19)16(23)12-17(24-18)15-10-8-9-11-15/h12,15,19H,8-11,13-14H2,1-7H3/t19-/m0/s1. The zero-order valence-corrected chi connectivity index (χ0v) is 20.9. The van der Waals surface area contributed by atoms with E-state index in [4.69, 9.17) is 9.41 Å². The van der Waals surface area contributed by atoms with Crippen molar-refractivity contribution in [3.8, 4) is 0 Å². The molecule has 0 amide bonds. The minimum absolute atomic E-state index is 0.201. The van der Waals surface area contributed by atoms with Crippen LogP contribution >= 0.6 is 22.6 Å². The maximum Gasteiger partial charge on any atom is 0.192 e. The third kappa shape index (κ3) is 4.22. The molecule has 0 aromatic carbocycles. The first-order chi connectivity index (χ1) is 11.9. The molecule has 1 aromatic heterocycles. The van der Waals surface area contributed by atoms with Gasteiger partial charge in [-0.3, -0.25) is 4.98 Å². The highest BCUT2D eigenvalue weighted by Crippen LogP contribution is 2.48. The Bertz CT molecular complexity index is 671. The van der Waals surface area contributed by atoms with Crippen LogP contribution in [0.2, 0.25) is 18.1 Å². The van der Waals surface area contributed by atoms with Crippen LogP contribution in [0.1, 0.15) is 95.7 Å². The highest BCUT2D eigenvalue weighted by molar-refractivity contribution is 14.1. The fourth-order valence-electron chi connectivity index (χ4n) is 4.26. The minimum atomic E-state index is -1.82. The maximum absolute atomic E-state index is 6.95. The Kier molecular flexibility index (Phi) is 5.71. The molecule has 1 atom stereocenters. The molecule has 3 rings (SSSR count). The van der Waals surface area contributed by atoms with Gasteiger partial charge >= 0.3 is 0 Å². The van der Waals surface area contributed by atoms with Crippen LogP contribution in [0.5, 0.6) is 0 Å². The summed E-state index contributed by atoms with van der Waals surface area (Å²) in [5.74, 6) is 0.679. The number of rotatable bonds is 3. The van der Waals surface area contributed by atoms with Crippen LogP contribution in [0.3, 0.4) is 0 Å². The summed E-state index contributed by atoms with van der Waals surface area (Å²) < 4.78 is 8.33. The Hall–Kier alpha value is 0.0569. The summed E-state index contributed by atoms with van der Waals surface area (Å²) in [7, 11) is -1.82. The molecule has 2 nitrogen and oxygen atoms in total. The Labute approximate surface area is 175 Å². The zero-order valence-electron chi connectivity index (χ0n) is 17.7. The van der Waals surface area contributed by atoms with Gasteiger partial charge < -0.3 is 4.43 Å². The van der Waals surface area contributed by atoms with E-state index in [9.17, 15) is 0 Å². The van der Waals surface area contributed by atoms with E-state index in [2.05, 4.69) is 76.4 Å². The smallest absolute Gasteiger partial charge is 0.192 e. The number of hydrogen-bond donors (Lipinski definition) is 0. The maximum atomic E-state index is 6.95. The molecule has 2 aliphatic carbocycles. The van der Waals surface area contributed by atoms with E-state index < -0.39 is 8.32 Å². The van der Waals surface area contributed by atoms with Gasteiger partial charge in [-0.1, -0.05) is 47.5 Å². The molecule has 146 valence electrons. The summed E-state index contributed by atoms with van der Waals surface area (Å²) in [6.45, 7) is 16.5. The second-order valence-corrected chi connectivity index (χ2v) is 16.7. The van der Waals surface area contributed by atoms with Gasteiger partial charge in [0.25, 0.3) is 0 Å². The normalized spacial score (nSPS) is 23.9. The van der Waals surface area contributed by atoms with Gasteiger partial charge in [-0.05, 0) is 77.9 Å². The van der Waals surface area contributed by atoms with Gasteiger partial charge in [-0.2, -0.15) is 0 Å². The SMILES string of the molecule is CC1(C)Cc2nc(C3CCCC3)cc(I)c2[C@@H](O[Si](C)(C)C(C)(C)C)C1. The van der Waals surface area contributed by atoms with Crippen molar-refractivity contribution in [2.24, 2.45) is 5.41 Å². The van der Waals surface area contributed by atoms with Crippen LogP contribution in [0.15, 0.2) is 6.07 Å². The topological polar surface area (TPSA) is 22.1 Å². The molecular formula is C22H36INOSi. The van der Waals surface area contributed by atoms with Crippen molar-refractivity contribution in [1.29, 1.82) is 0 Å². The van der Waals surface area contributed by atoms with Crippen LogP contribution in [-0.4, -0.2) is 13.3 Å². The molecule has 0 saturated heterocycles. The second-order valence-electron chi connectivity index (χ2n) is 10.8. The van der Waals surface area contributed by atoms with Gasteiger partial charge in [-0.15, -0.1) is 0 Å². The highest BCUT2D eigenvalue weighted by atomic mass is 127. The third-order valence-corrected chi connectivity index (χ3v) is 12.2. The first-order valence-corrected chi connectivity index (χ1v) is 14.3. The van der Waals surface area contributed by atoms with Crippen molar-refractivity contribution in [3.63, 3.8) is 0 Å². The van der Waals surface area contributed by atoms with Gasteiger partial charge in [0.2, 0.25) is 0 Å². The van der Waals surface area contributed by atoms with E-state index in [0.29, 0.717) is 5.92 Å². The molecule has 1 heterocycles. The first-order valence-electron chi connectivity index (χ1n) is 10.3. The summed E-state index contributed by atoms with van der Waals surface area (Å²) in [5, 5.41) is 0.234. The van der Waals surface area contributed by atoms with Crippen LogP contribution in [0.4, 0.5) is 0 Å².